The Morgan fingerprint density at radius 2 is 1.71 bits per heavy atom. The molecule has 2 unspecified atom stereocenters. The summed E-state index contributed by atoms with van der Waals surface area (Å²) in [7, 11) is 0. The molecule has 0 heterocycles. The van der Waals surface area contributed by atoms with Crippen LogP contribution in [0, 0.1) is 11.3 Å². The van der Waals surface area contributed by atoms with Crippen molar-refractivity contribution in [2.75, 3.05) is 0 Å². The maximum atomic E-state index is 2.48. The van der Waals surface area contributed by atoms with E-state index >= 15 is 0 Å². The lowest BCUT2D eigenvalue weighted by molar-refractivity contribution is 0.207. The second-order valence-electron chi connectivity index (χ2n) is 5.37. The molecule has 0 amide bonds. The molecule has 0 aromatic carbocycles. The van der Waals surface area contributed by atoms with Crippen LogP contribution in [0.1, 0.15) is 79.6 Å². The number of hydrogen-bond donors (Lipinski definition) is 0. The van der Waals surface area contributed by atoms with Crippen LogP contribution in [0.5, 0.6) is 0 Å². The quantitative estimate of drug-likeness (QED) is 0.488. The first-order chi connectivity index (χ1) is 6.58. The molecule has 0 rings (SSSR count). The topological polar surface area (TPSA) is 0 Å². The molecule has 0 saturated carbocycles. The second kappa shape index (κ2) is 7.31. The van der Waals surface area contributed by atoms with Gasteiger partial charge in [0.25, 0.3) is 0 Å². The van der Waals surface area contributed by atoms with Gasteiger partial charge >= 0.3 is 0 Å². The van der Waals surface area contributed by atoms with Gasteiger partial charge < -0.3 is 0 Å². The van der Waals surface area contributed by atoms with E-state index in [2.05, 4.69) is 34.6 Å². The van der Waals surface area contributed by atoms with Crippen molar-refractivity contribution in [3.8, 4) is 0 Å². The summed E-state index contributed by atoms with van der Waals surface area (Å²) in [5, 5.41) is 0. The van der Waals surface area contributed by atoms with Crippen molar-refractivity contribution in [1.82, 2.24) is 0 Å². The van der Waals surface area contributed by atoms with Crippen LogP contribution in [0.15, 0.2) is 0 Å². The van der Waals surface area contributed by atoms with Crippen molar-refractivity contribution < 1.29 is 0 Å². The van der Waals surface area contributed by atoms with Crippen LogP contribution in [-0.2, 0) is 0 Å². The molecule has 2 atom stereocenters. The first kappa shape index (κ1) is 14.0. The van der Waals surface area contributed by atoms with E-state index in [1.807, 2.05) is 0 Å². The second-order valence-corrected chi connectivity index (χ2v) is 5.37. The van der Waals surface area contributed by atoms with Gasteiger partial charge in [-0.3, -0.25) is 0 Å². The first-order valence-corrected chi connectivity index (χ1v) is 6.58. The lowest BCUT2D eigenvalue weighted by atomic mass is 9.75. The highest BCUT2D eigenvalue weighted by Gasteiger charge is 2.23. The van der Waals surface area contributed by atoms with Gasteiger partial charge in [-0.15, -0.1) is 0 Å². The molecular weight excluding hydrogens is 168 g/mol. The molecule has 0 nitrogen and oxygen atoms in total. The van der Waals surface area contributed by atoms with Gasteiger partial charge in [0.2, 0.25) is 0 Å². The molecule has 0 aromatic heterocycles. The molecule has 0 aliphatic heterocycles. The summed E-state index contributed by atoms with van der Waals surface area (Å²) in [6, 6.07) is 0. The van der Waals surface area contributed by atoms with E-state index in [1.54, 1.807) is 0 Å². The zero-order valence-corrected chi connectivity index (χ0v) is 11.0. The molecule has 0 fully saturated rings. The third kappa shape index (κ3) is 5.67. The third-order valence-electron chi connectivity index (χ3n) is 3.61. The minimum atomic E-state index is 0.616. The Morgan fingerprint density at radius 1 is 1.07 bits per heavy atom. The zero-order chi connectivity index (χ0) is 11.0. The molecule has 0 radical (unpaired) electrons. The fourth-order valence-electron chi connectivity index (χ4n) is 2.46. The summed E-state index contributed by atoms with van der Waals surface area (Å²) in [5.41, 5.74) is 0.616. The zero-order valence-electron chi connectivity index (χ0n) is 11.0. The Kier molecular flexibility index (Phi) is 7.31. The van der Waals surface area contributed by atoms with E-state index in [4.69, 9.17) is 0 Å². The molecular formula is C14H30. The summed E-state index contributed by atoms with van der Waals surface area (Å²) in [5.74, 6) is 0.918. The van der Waals surface area contributed by atoms with E-state index in [0.717, 1.165) is 5.92 Å². The van der Waals surface area contributed by atoms with Crippen molar-refractivity contribution in [3.05, 3.63) is 0 Å². The highest BCUT2D eigenvalue weighted by Crippen LogP contribution is 2.36. The van der Waals surface area contributed by atoms with Crippen LogP contribution in [0.2, 0.25) is 0 Å². The van der Waals surface area contributed by atoms with Gasteiger partial charge in [-0.1, -0.05) is 66.7 Å². The Labute approximate surface area is 91.5 Å². The Morgan fingerprint density at radius 3 is 2.14 bits per heavy atom. The van der Waals surface area contributed by atoms with E-state index < -0.39 is 0 Å². The Bertz CT molecular complexity index is 128. The van der Waals surface area contributed by atoms with Crippen LogP contribution in [0.25, 0.3) is 0 Å². The molecule has 0 spiro atoms. The molecule has 14 heavy (non-hydrogen) atoms. The smallest absolute Gasteiger partial charge is 0.0326 e. The SMILES string of the molecule is CCCCC(C)(CC)CC(C)CCC. The van der Waals surface area contributed by atoms with Gasteiger partial charge in [0.15, 0.2) is 0 Å². The summed E-state index contributed by atoms with van der Waals surface area (Å²) in [4.78, 5) is 0. The van der Waals surface area contributed by atoms with E-state index in [0.29, 0.717) is 5.41 Å². The predicted octanol–water partition coefficient (Wildman–Crippen LogP) is 5.42. The normalized spacial score (nSPS) is 17.8. The first-order valence-electron chi connectivity index (χ1n) is 6.58. The van der Waals surface area contributed by atoms with Crippen LogP contribution in [0.4, 0.5) is 0 Å². The molecule has 0 bridgehead atoms. The maximum absolute atomic E-state index is 2.48. The van der Waals surface area contributed by atoms with Crippen molar-refractivity contribution in [3.63, 3.8) is 0 Å². The van der Waals surface area contributed by atoms with Gasteiger partial charge in [-0.2, -0.15) is 0 Å². The summed E-state index contributed by atoms with van der Waals surface area (Å²) in [6.07, 6.45) is 9.70. The standard InChI is InChI=1S/C14H30/c1-6-9-11-14(5,8-3)12-13(4)10-7-2/h13H,6-12H2,1-5H3. The van der Waals surface area contributed by atoms with Gasteiger partial charge in [0.05, 0.1) is 0 Å². The van der Waals surface area contributed by atoms with Gasteiger partial charge in [-0.25, -0.2) is 0 Å². The monoisotopic (exact) mass is 198 g/mol. The molecule has 0 aromatic rings. The van der Waals surface area contributed by atoms with Crippen molar-refractivity contribution in [2.24, 2.45) is 11.3 Å². The van der Waals surface area contributed by atoms with Gasteiger partial charge in [0.1, 0.15) is 0 Å². The number of hydrogen-bond acceptors (Lipinski definition) is 0. The largest absolute Gasteiger partial charge is 0.0654 e. The van der Waals surface area contributed by atoms with Crippen molar-refractivity contribution in [2.45, 2.75) is 79.6 Å². The van der Waals surface area contributed by atoms with Crippen molar-refractivity contribution in [1.29, 1.82) is 0 Å². The fourth-order valence-corrected chi connectivity index (χ4v) is 2.46. The number of unbranched alkanes of at least 4 members (excludes halogenated alkanes) is 1. The molecule has 0 N–H and O–H groups in total. The average Bonchev–Trinajstić information content (AvgIpc) is 2.15. The molecule has 0 aliphatic rings. The van der Waals surface area contributed by atoms with Crippen LogP contribution < -0.4 is 0 Å². The van der Waals surface area contributed by atoms with Gasteiger partial charge in [0, 0.05) is 0 Å². The predicted molar refractivity (Wildman–Crippen MR) is 66.6 cm³/mol. The van der Waals surface area contributed by atoms with Crippen molar-refractivity contribution >= 4 is 0 Å². The van der Waals surface area contributed by atoms with Crippen LogP contribution in [0.3, 0.4) is 0 Å². The molecule has 0 aliphatic carbocycles. The molecule has 0 saturated heterocycles. The fraction of sp³-hybridized carbons (Fsp3) is 1.00. The Hall–Kier alpha value is 0. The van der Waals surface area contributed by atoms with E-state index in [9.17, 15) is 0 Å². The molecule has 86 valence electrons. The lowest BCUT2D eigenvalue weighted by Gasteiger charge is -2.31. The van der Waals surface area contributed by atoms with Gasteiger partial charge in [-0.05, 0) is 24.2 Å². The van der Waals surface area contributed by atoms with Crippen LogP contribution in [-0.4, -0.2) is 0 Å². The number of rotatable bonds is 8. The van der Waals surface area contributed by atoms with Crippen LogP contribution >= 0.6 is 0 Å². The highest BCUT2D eigenvalue weighted by molar-refractivity contribution is 4.75. The Balaban J connectivity index is 3.96. The minimum absolute atomic E-state index is 0.616. The highest BCUT2D eigenvalue weighted by atomic mass is 14.3. The summed E-state index contributed by atoms with van der Waals surface area (Å²) >= 11 is 0. The minimum Gasteiger partial charge on any atom is -0.0654 e. The average molecular weight is 198 g/mol. The third-order valence-corrected chi connectivity index (χ3v) is 3.61. The summed E-state index contributed by atoms with van der Waals surface area (Å²) in [6.45, 7) is 11.9. The lowest BCUT2D eigenvalue weighted by Crippen LogP contribution is -2.18. The molecule has 0 heteroatoms. The van der Waals surface area contributed by atoms with E-state index in [-0.39, 0.29) is 0 Å². The summed E-state index contributed by atoms with van der Waals surface area (Å²) < 4.78 is 0. The maximum Gasteiger partial charge on any atom is -0.0326 e. The van der Waals surface area contributed by atoms with E-state index in [1.165, 1.54) is 44.9 Å².